The molecule has 0 aromatic heterocycles. The van der Waals surface area contributed by atoms with E-state index in [1.54, 1.807) is 0 Å². The number of nitrogens with zero attached hydrogens (tertiary/aromatic N) is 1. The van der Waals surface area contributed by atoms with Crippen LogP contribution in [0.5, 0.6) is 0 Å². The van der Waals surface area contributed by atoms with E-state index in [1.807, 2.05) is 0 Å². The van der Waals surface area contributed by atoms with Crippen molar-refractivity contribution in [3.8, 4) is 0 Å². The van der Waals surface area contributed by atoms with Crippen molar-refractivity contribution in [2.45, 2.75) is 57.9 Å². The Bertz CT molecular complexity index is 166. The Hall–Kier alpha value is -0.0800. The van der Waals surface area contributed by atoms with E-state index < -0.39 is 0 Å². The molecule has 0 saturated heterocycles. The van der Waals surface area contributed by atoms with E-state index >= 15 is 0 Å². The number of hydrogen-bond acceptors (Lipinski definition) is 2. The molecule has 0 spiro atoms. The Morgan fingerprint density at radius 1 is 1.20 bits per heavy atom. The molecular weight excluding hydrogens is 184 g/mol. The minimum atomic E-state index is -0.0543. The lowest BCUT2D eigenvalue weighted by Crippen LogP contribution is -2.44. The molecule has 0 heterocycles. The van der Waals surface area contributed by atoms with Crippen LogP contribution in [0, 0.1) is 5.92 Å². The average molecular weight is 212 g/mol. The fourth-order valence-electron chi connectivity index (χ4n) is 2.65. The van der Waals surface area contributed by atoms with Gasteiger partial charge in [0.1, 0.15) is 0 Å². The molecule has 0 unspecified atom stereocenters. The molecule has 0 aromatic rings. The molecule has 2 N–H and O–H groups in total. The largest absolute Gasteiger partial charge is 0.324 e. The first kappa shape index (κ1) is 13.0. The van der Waals surface area contributed by atoms with Gasteiger partial charge in [-0.1, -0.05) is 32.1 Å². The maximum atomic E-state index is 6.00. The van der Waals surface area contributed by atoms with Crippen molar-refractivity contribution in [3.63, 3.8) is 0 Å². The van der Waals surface area contributed by atoms with Gasteiger partial charge in [-0.15, -0.1) is 0 Å². The molecule has 0 amide bonds. The van der Waals surface area contributed by atoms with Crippen molar-refractivity contribution >= 4 is 0 Å². The van der Waals surface area contributed by atoms with Crippen LogP contribution in [-0.2, 0) is 0 Å². The van der Waals surface area contributed by atoms with E-state index in [4.69, 9.17) is 5.73 Å². The first-order valence-electron chi connectivity index (χ1n) is 6.45. The summed E-state index contributed by atoms with van der Waals surface area (Å²) in [4.78, 5) is 2.38. The van der Waals surface area contributed by atoms with Crippen LogP contribution in [0.25, 0.3) is 0 Å². The third-order valence-electron chi connectivity index (χ3n) is 3.32. The predicted octanol–water partition coefficient (Wildman–Crippen LogP) is 2.63. The lowest BCUT2D eigenvalue weighted by atomic mass is 9.87. The van der Waals surface area contributed by atoms with Crippen molar-refractivity contribution in [2.24, 2.45) is 11.7 Å². The fourth-order valence-corrected chi connectivity index (χ4v) is 2.65. The van der Waals surface area contributed by atoms with Crippen LogP contribution in [0.15, 0.2) is 0 Å². The summed E-state index contributed by atoms with van der Waals surface area (Å²) in [6, 6.07) is 0. The van der Waals surface area contributed by atoms with Gasteiger partial charge in [-0.3, -0.25) is 0 Å². The Kier molecular flexibility index (Phi) is 5.07. The fraction of sp³-hybridized carbons (Fsp3) is 1.00. The molecule has 1 aliphatic carbocycles. The Balaban J connectivity index is 2.12. The summed E-state index contributed by atoms with van der Waals surface area (Å²) in [6.07, 6.45) is 8.65. The Labute approximate surface area is 95.2 Å². The smallest absolute Gasteiger partial charge is 0.0225 e. The van der Waals surface area contributed by atoms with E-state index in [-0.39, 0.29) is 5.54 Å². The maximum absolute atomic E-state index is 6.00. The van der Waals surface area contributed by atoms with Crippen LogP contribution < -0.4 is 5.73 Å². The highest BCUT2D eigenvalue weighted by Crippen LogP contribution is 2.26. The van der Waals surface area contributed by atoms with Gasteiger partial charge in [0.2, 0.25) is 0 Å². The van der Waals surface area contributed by atoms with E-state index in [0.29, 0.717) is 0 Å². The summed E-state index contributed by atoms with van der Waals surface area (Å²) in [5.74, 6) is 0.988. The van der Waals surface area contributed by atoms with Crippen molar-refractivity contribution in [2.75, 3.05) is 20.1 Å². The zero-order valence-electron chi connectivity index (χ0n) is 10.8. The van der Waals surface area contributed by atoms with Crippen molar-refractivity contribution in [1.29, 1.82) is 0 Å². The zero-order valence-corrected chi connectivity index (χ0v) is 10.8. The van der Waals surface area contributed by atoms with Crippen molar-refractivity contribution in [3.05, 3.63) is 0 Å². The monoisotopic (exact) mass is 212 g/mol. The predicted molar refractivity (Wildman–Crippen MR) is 67.0 cm³/mol. The third kappa shape index (κ3) is 6.16. The van der Waals surface area contributed by atoms with Gasteiger partial charge in [-0.05, 0) is 39.8 Å². The van der Waals surface area contributed by atoms with Crippen LogP contribution in [-0.4, -0.2) is 30.6 Å². The first-order valence-corrected chi connectivity index (χ1v) is 6.45. The first-order chi connectivity index (χ1) is 6.97. The second-order valence-electron chi connectivity index (χ2n) is 6.02. The molecule has 0 aromatic carbocycles. The molecule has 0 radical (unpaired) electrons. The number of rotatable bonds is 5. The molecule has 1 aliphatic rings. The van der Waals surface area contributed by atoms with Gasteiger partial charge in [0.25, 0.3) is 0 Å². The highest BCUT2D eigenvalue weighted by Gasteiger charge is 2.16. The quantitative estimate of drug-likeness (QED) is 0.759. The van der Waals surface area contributed by atoms with Gasteiger partial charge >= 0.3 is 0 Å². The summed E-state index contributed by atoms with van der Waals surface area (Å²) in [6.45, 7) is 6.42. The summed E-state index contributed by atoms with van der Waals surface area (Å²) >= 11 is 0. The average Bonchev–Trinajstić information content (AvgIpc) is 2.14. The normalized spacial score (nSPS) is 19.8. The summed E-state index contributed by atoms with van der Waals surface area (Å²) in [5, 5.41) is 0. The molecule has 0 aliphatic heterocycles. The Morgan fingerprint density at radius 3 is 2.33 bits per heavy atom. The van der Waals surface area contributed by atoms with Crippen LogP contribution in [0.4, 0.5) is 0 Å². The van der Waals surface area contributed by atoms with E-state index in [0.717, 1.165) is 12.5 Å². The number of likely N-dealkylation sites (N-methyl/N-ethyl adjacent to an activating group) is 1. The standard InChI is InChI=1S/C13H28N2/c1-13(2,14)11-15(3)10-9-12-7-5-4-6-8-12/h12H,4-11,14H2,1-3H3. The van der Waals surface area contributed by atoms with Gasteiger partial charge in [0, 0.05) is 12.1 Å². The van der Waals surface area contributed by atoms with Crippen LogP contribution >= 0.6 is 0 Å². The number of hydrogen-bond donors (Lipinski definition) is 1. The topological polar surface area (TPSA) is 29.3 Å². The van der Waals surface area contributed by atoms with E-state index in [9.17, 15) is 0 Å². The molecule has 2 nitrogen and oxygen atoms in total. The molecule has 1 rings (SSSR count). The zero-order chi connectivity index (χ0) is 11.3. The molecule has 1 fully saturated rings. The minimum Gasteiger partial charge on any atom is -0.324 e. The van der Waals surface area contributed by atoms with Gasteiger partial charge in [0.15, 0.2) is 0 Å². The van der Waals surface area contributed by atoms with Gasteiger partial charge in [-0.2, -0.15) is 0 Å². The lowest BCUT2D eigenvalue weighted by molar-refractivity contribution is 0.233. The molecule has 0 atom stereocenters. The van der Waals surface area contributed by atoms with Crippen molar-refractivity contribution in [1.82, 2.24) is 4.90 Å². The summed E-state index contributed by atoms with van der Waals surface area (Å²) in [7, 11) is 2.19. The maximum Gasteiger partial charge on any atom is 0.0225 e. The number of nitrogens with two attached hydrogens (primary N) is 1. The second-order valence-corrected chi connectivity index (χ2v) is 6.02. The van der Waals surface area contributed by atoms with E-state index in [2.05, 4.69) is 25.8 Å². The molecule has 1 saturated carbocycles. The highest BCUT2D eigenvalue weighted by atomic mass is 15.1. The molecule has 90 valence electrons. The minimum absolute atomic E-state index is 0.0543. The van der Waals surface area contributed by atoms with Crippen LogP contribution in [0.2, 0.25) is 0 Å². The van der Waals surface area contributed by atoms with Gasteiger partial charge in [0.05, 0.1) is 0 Å². The molecule has 0 bridgehead atoms. The van der Waals surface area contributed by atoms with Gasteiger partial charge < -0.3 is 10.6 Å². The molecular formula is C13H28N2. The van der Waals surface area contributed by atoms with Crippen LogP contribution in [0.3, 0.4) is 0 Å². The van der Waals surface area contributed by atoms with Crippen molar-refractivity contribution < 1.29 is 0 Å². The molecule has 2 heteroatoms. The SMILES string of the molecule is CN(CCC1CCCCC1)CC(C)(C)N. The van der Waals surface area contributed by atoms with Crippen LogP contribution in [0.1, 0.15) is 52.4 Å². The van der Waals surface area contributed by atoms with Gasteiger partial charge in [-0.25, -0.2) is 0 Å². The molecule has 15 heavy (non-hydrogen) atoms. The highest BCUT2D eigenvalue weighted by molar-refractivity contribution is 4.76. The second kappa shape index (κ2) is 5.86. The van der Waals surface area contributed by atoms with E-state index in [1.165, 1.54) is 45.1 Å². The lowest BCUT2D eigenvalue weighted by Gasteiger charge is -2.29. The third-order valence-corrected chi connectivity index (χ3v) is 3.32. The summed E-state index contributed by atoms with van der Waals surface area (Å²) < 4.78 is 0. The Morgan fingerprint density at radius 2 is 1.80 bits per heavy atom. The summed E-state index contributed by atoms with van der Waals surface area (Å²) in [5.41, 5.74) is 5.95.